The van der Waals surface area contributed by atoms with E-state index in [0.29, 0.717) is 0 Å². The van der Waals surface area contributed by atoms with Crippen LogP contribution in [0.2, 0.25) is 0 Å². The summed E-state index contributed by atoms with van der Waals surface area (Å²) in [5.74, 6) is 0. The van der Waals surface area contributed by atoms with Crippen molar-refractivity contribution in [1.29, 1.82) is 0 Å². The first kappa shape index (κ1) is 12.4. The van der Waals surface area contributed by atoms with E-state index in [1.807, 2.05) is 6.26 Å². The summed E-state index contributed by atoms with van der Waals surface area (Å²) in [4.78, 5) is 0. The Kier molecular flexibility index (Phi) is 3.04. The van der Waals surface area contributed by atoms with E-state index in [-0.39, 0.29) is 0 Å². The topological polar surface area (TPSA) is 25.2 Å². The van der Waals surface area contributed by atoms with Gasteiger partial charge in [0.15, 0.2) is 0 Å². The number of benzene rings is 2. The molecule has 0 radical (unpaired) electrons. The van der Waals surface area contributed by atoms with Gasteiger partial charge in [-0.2, -0.15) is 0 Å². The summed E-state index contributed by atoms with van der Waals surface area (Å²) in [5.41, 5.74) is 2.25. The number of rotatable bonds is 4. The van der Waals surface area contributed by atoms with Crippen LogP contribution in [0.15, 0.2) is 45.5 Å². The van der Waals surface area contributed by atoms with Gasteiger partial charge in [-0.05, 0) is 64.1 Å². The van der Waals surface area contributed by atoms with Gasteiger partial charge in [-0.15, -0.1) is 0 Å². The Balaban J connectivity index is 1.74. The fraction of sp³-hybridized carbons (Fsp3) is 0.294. The van der Waals surface area contributed by atoms with Gasteiger partial charge >= 0.3 is 0 Å². The second kappa shape index (κ2) is 4.90. The molecule has 1 aromatic heterocycles. The van der Waals surface area contributed by atoms with Crippen molar-refractivity contribution in [2.24, 2.45) is 0 Å². The largest absolute Gasteiger partial charge is 0.463 e. The molecule has 1 saturated carbocycles. The monoisotopic (exact) mass is 329 g/mol. The van der Waals surface area contributed by atoms with Crippen molar-refractivity contribution in [1.82, 2.24) is 5.32 Å². The van der Waals surface area contributed by atoms with E-state index >= 15 is 0 Å². The summed E-state index contributed by atoms with van der Waals surface area (Å²) >= 11 is 3.69. The maximum Gasteiger partial charge on any atom is 0.148 e. The lowest BCUT2D eigenvalue weighted by Crippen LogP contribution is -2.19. The van der Waals surface area contributed by atoms with Crippen LogP contribution in [0.4, 0.5) is 0 Å². The highest BCUT2D eigenvalue weighted by Gasteiger charge is 2.20. The average Bonchev–Trinajstić information content (AvgIpc) is 3.20. The summed E-state index contributed by atoms with van der Waals surface area (Å²) < 4.78 is 6.85. The predicted molar refractivity (Wildman–Crippen MR) is 86.1 cm³/mol. The SMILES string of the molecule is Brc1c2ccccc2cc2c(CCNC3CC3)coc12. The maximum atomic E-state index is 5.79. The van der Waals surface area contributed by atoms with E-state index in [0.717, 1.165) is 29.1 Å². The summed E-state index contributed by atoms with van der Waals surface area (Å²) in [7, 11) is 0. The molecule has 3 heteroatoms. The van der Waals surface area contributed by atoms with Crippen molar-refractivity contribution in [3.8, 4) is 0 Å². The Morgan fingerprint density at radius 3 is 2.90 bits per heavy atom. The molecular weight excluding hydrogens is 314 g/mol. The standard InChI is InChI=1S/C17H16BrNO/c18-16-14-4-2-1-3-11(14)9-15-12(10-20-17(15)16)7-8-19-13-5-6-13/h1-4,9-10,13,19H,5-8H2. The van der Waals surface area contributed by atoms with E-state index in [4.69, 9.17) is 4.42 Å². The number of fused-ring (bicyclic) bond motifs is 2. The molecule has 20 heavy (non-hydrogen) atoms. The lowest BCUT2D eigenvalue weighted by atomic mass is 10.0. The Morgan fingerprint density at radius 2 is 2.05 bits per heavy atom. The van der Waals surface area contributed by atoms with Crippen LogP contribution in [0.3, 0.4) is 0 Å². The van der Waals surface area contributed by atoms with Crippen LogP contribution >= 0.6 is 15.9 Å². The third-order valence-electron chi connectivity index (χ3n) is 4.01. The minimum Gasteiger partial charge on any atom is -0.463 e. The predicted octanol–water partition coefficient (Wildman–Crippen LogP) is 4.64. The van der Waals surface area contributed by atoms with E-state index in [2.05, 4.69) is 51.6 Å². The Labute approximate surface area is 126 Å². The molecule has 1 fully saturated rings. The third kappa shape index (κ3) is 2.15. The van der Waals surface area contributed by atoms with Crippen molar-refractivity contribution in [3.05, 3.63) is 46.6 Å². The molecule has 0 saturated heterocycles. The first-order valence-electron chi connectivity index (χ1n) is 7.13. The summed E-state index contributed by atoms with van der Waals surface area (Å²) in [5, 5.41) is 7.25. The molecule has 0 bridgehead atoms. The lowest BCUT2D eigenvalue weighted by molar-refractivity contribution is 0.604. The van der Waals surface area contributed by atoms with E-state index in [9.17, 15) is 0 Å². The van der Waals surface area contributed by atoms with Crippen molar-refractivity contribution in [2.45, 2.75) is 25.3 Å². The molecule has 2 aromatic carbocycles. The van der Waals surface area contributed by atoms with Gasteiger partial charge in [-0.3, -0.25) is 0 Å². The second-order valence-corrected chi connectivity index (χ2v) is 6.32. The van der Waals surface area contributed by atoms with Crippen molar-refractivity contribution >= 4 is 37.7 Å². The average molecular weight is 330 g/mol. The molecule has 0 atom stereocenters. The molecule has 1 N–H and O–H groups in total. The van der Waals surface area contributed by atoms with E-state index in [1.165, 1.54) is 34.6 Å². The molecule has 102 valence electrons. The zero-order valence-corrected chi connectivity index (χ0v) is 12.7. The highest BCUT2D eigenvalue weighted by Crippen LogP contribution is 2.35. The highest BCUT2D eigenvalue weighted by atomic mass is 79.9. The van der Waals surface area contributed by atoms with Gasteiger partial charge in [0.25, 0.3) is 0 Å². The first-order valence-corrected chi connectivity index (χ1v) is 7.93. The van der Waals surface area contributed by atoms with E-state index in [1.54, 1.807) is 0 Å². The number of halogens is 1. The molecular formula is C17H16BrNO. The van der Waals surface area contributed by atoms with Crippen LogP contribution in [0.25, 0.3) is 21.7 Å². The Hall–Kier alpha value is -1.32. The molecule has 0 amide bonds. The van der Waals surface area contributed by atoms with Crippen molar-refractivity contribution in [3.63, 3.8) is 0 Å². The van der Waals surface area contributed by atoms with Gasteiger partial charge in [0.05, 0.1) is 10.7 Å². The summed E-state index contributed by atoms with van der Waals surface area (Å²) in [6.45, 7) is 1.03. The summed E-state index contributed by atoms with van der Waals surface area (Å²) in [6.07, 6.45) is 5.60. The fourth-order valence-electron chi connectivity index (χ4n) is 2.72. The normalized spacial score (nSPS) is 15.2. The van der Waals surface area contributed by atoms with Gasteiger partial charge in [-0.1, -0.05) is 24.3 Å². The quantitative estimate of drug-likeness (QED) is 0.754. The first-order chi connectivity index (χ1) is 9.83. The lowest BCUT2D eigenvalue weighted by Gasteiger charge is -2.04. The van der Waals surface area contributed by atoms with Crippen molar-refractivity contribution in [2.75, 3.05) is 6.54 Å². The van der Waals surface area contributed by atoms with Gasteiger partial charge < -0.3 is 9.73 Å². The van der Waals surface area contributed by atoms with Crippen LogP contribution in [0.5, 0.6) is 0 Å². The number of nitrogens with one attached hydrogen (secondary N) is 1. The molecule has 0 unspecified atom stereocenters. The minimum atomic E-state index is 0.765. The van der Waals surface area contributed by atoms with Gasteiger partial charge in [0.1, 0.15) is 5.58 Å². The van der Waals surface area contributed by atoms with Gasteiger partial charge in [0, 0.05) is 11.4 Å². The zero-order chi connectivity index (χ0) is 13.5. The molecule has 0 aliphatic heterocycles. The smallest absolute Gasteiger partial charge is 0.148 e. The molecule has 4 rings (SSSR count). The maximum absolute atomic E-state index is 5.79. The Morgan fingerprint density at radius 1 is 1.20 bits per heavy atom. The van der Waals surface area contributed by atoms with Crippen LogP contribution in [0.1, 0.15) is 18.4 Å². The molecule has 1 heterocycles. The van der Waals surface area contributed by atoms with Gasteiger partial charge in [0.2, 0.25) is 0 Å². The Bertz CT molecular complexity index is 773. The van der Waals surface area contributed by atoms with Crippen LogP contribution in [-0.4, -0.2) is 12.6 Å². The third-order valence-corrected chi connectivity index (χ3v) is 4.80. The van der Waals surface area contributed by atoms with E-state index < -0.39 is 0 Å². The molecule has 0 spiro atoms. The molecule has 1 aliphatic carbocycles. The summed E-state index contributed by atoms with van der Waals surface area (Å²) in [6, 6.07) is 11.4. The number of hydrogen-bond acceptors (Lipinski definition) is 2. The van der Waals surface area contributed by atoms with Crippen LogP contribution < -0.4 is 5.32 Å². The molecule has 3 aromatic rings. The number of hydrogen-bond donors (Lipinski definition) is 1. The minimum absolute atomic E-state index is 0.765. The zero-order valence-electron chi connectivity index (χ0n) is 11.2. The van der Waals surface area contributed by atoms with Crippen molar-refractivity contribution < 1.29 is 4.42 Å². The molecule has 2 nitrogen and oxygen atoms in total. The number of furan rings is 1. The van der Waals surface area contributed by atoms with Crippen LogP contribution in [0, 0.1) is 0 Å². The second-order valence-electron chi connectivity index (χ2n) is 5.53. The fourth-order valence-corrected chi connectivity index (χ4v) is 3.39. The highest BCUT2D eigenvalue weighted by molar-refractivity contribution is 9.10. The van der Waals surface area contributed by atoms with Crippen LogP contribution in [-0.2, 0) is 6.42 Å². The molecule has 1 aliphatic rings. The van der Waals surface area contributed by atoms with Gasteiger partial charge in [-0.25, -0.2) is 0 Å².